The Morgan fingerprint density at radius 1 is 1.07 bits per heavy atom. The van der Waals surface area contributed by atoms with Crippen molar-refractivity contribution in [3.05, 3.63) is 52.2 Å². The third-order valence-electron chi connectivity index (χ3n) is 3.57. The van der Waals surface area contributed by atoms with Crippen LogP contribution in [-0.2, 0) is 20.7 Å². The number of aromatic nitrogens is 2. The molecule has 0 unspecified atom stereocenters. The number of thioether (sulfide) groups is 1. The van der Waals surface area contributed by atoms with Gasteiger partial charge in [0.05, 0.1) is 24.3 Å². The molecule has 0 atom stereocenters. The molecule has 0 radical (unpaired) electrons. The van der Waals surface area contributed by atoms with Crippen molar-refractivity contribution in [3.63, 3.8) is 0 Å². The highest BCUT2D eigenvalue weighted by Crippen LogP contribution is 2.26. The molecule has 0 aliphatic carbocycles. The smallest absolute Gasteiger partial charge is 0.338 e. The van der Waals surface area contributed by atoms with Gasteiger partial charge in [-0.1, -0.05) is 29.2 Å². The maximum atomic E-state index is 12.1. The summed E-state index contributed by atoms with van der Waals surface area (Å²) in [5.74, 6) is -0.644. The number of ether oxygens (including phenoxy) is 1. The number of amides is 2. The number of esters is 1. The predicted molar refractivity (Wildman–Crippen MR) is 118 cm³/mol. The minimum atomic E-state index is -0.402. The molecule has 1 aromatic carbocycles. The first-order valence-corrected chi connectivity index (χ1v) is 11.6. The van der Waals surface area contributed by atoms with Gasteiger partial charge in [-0.3, -0.25) is 9.59 Å². The second-order valence-corrected chi connectivity index (χ2v) is 9.04. The average molecular weight is 463 g/mol. The van der Waals surface area contributed by atoms with Gasteiger partial charge in [-0.2, -0.15) is 0 Å². The number of carbonyl (C=O) groups excluding carboxylic acids is 3. The van der Waals surface area contributed by atoms with Gasteiger partial charge in [-0.15, -0.1) is 21.5 Å². The van der Waals surface area contributed by atoms with Crippen LogP contribution in [0, 0.1) is 0 Å². The topological polar surface area (TPSA) is 110 Å². The Hall–Kier alpha value is -2.76. The highest BCUT2D eigenvalue weighted by molar-refractivity contribution is 8.01. The summed E-state index contributed by atoms with van der Waals surface area (Å²) in [6.45, 7) is 2.05. The van der Waals surface area contributed by atoms with Crippen LogP contribution in [0.2, 0.25) is 0 Å². The molecule has 156 valence electrons. The maximum absolute atomic E-state index is 12.1. The Bertz CT molecular complexity index is 1000. The van der Waals surface area contributed by atoms with E-state index in [9.17, 15) is 14.4 Å². The molecule has 0 fully saturated rings. The van der Waals surface area contributed by atoms with E-state index in [0.29, 0.717) is 27.3 Å². The highest BCUT2D eigenvalue weighted by Gasteiger charge is 2.12. The van der Waals surface area contributed by atoms with Gasteiger partial charge in [-0.05, 0) is 42.6 Å². The fraction of sp³-hybridized carbons (Fsp3) is 0.211. The quantitative estimate of drug-likeness (QED) is 0.283. The van der Waals surface area contributed by atoms with Gasteiger partial charge in [0, 0.05) is 10.6 Å². The number of rotatable bonds is 9. The molecule has 2 heterocycles. The summed E-state index contributed by atoms with van der Waals surface area (Å²) >= 11 is 3.96. The maximum Gasteiger partial charge on any atom is 0.338 e. The van der Waals surface area contributed by atoms with Gasteiger partial charge in [0.25, 0.3) is 0 Å². The largest absolute Gasteiger partial charge is 0.462 e. The van der Waals surface area contributed by atoms with E-state index in [1.165, 1.54) is 34.4 Å². The van der Waals surface area contributed by atoms with Gasteiger partial charge in [0.2, 0.25) is 16.9 Å². The van der Waals surface area contributed by atoms with E-state index in [4.69, 9.17) is 4.74 Å². The summed E-state index contributed by atoms with van der Waals surface area (Å²) < 4.78 is 5.50. The van der Waals surface area contributed by atoms with Crippen LogP contribution in [0.5, 0.6) is 0 Å². The van der Waals surface area contributed by atoms with E-state index < -0.39 is 5.97 Å². The standard InChI is InChI=1S/C19H18N4O4S3/c1-2-27-17(26)12-5-7-13(8-6-12)20-16(25)11-29-19-23-22-18(30-19)21-15(24)10-14-4-3-9-28-14/h3-9H,2,10-11H2,1H3,(H,20,25)(H,21,22,24). The minimum Gasteiger partial charge on any atom is -0.462 e. The Morgan fingerprint density at radius 2 is 1.87 bits per heavy atom. The van der Waals surface area contributed by atoms with E-state index in [1.54, 1.807) is 31.2 Å². The van der Waals surface area contributed by atoms with Crippen LogP contribution in [0.1, 0.15) is 22.2 Å². The van der Waals surface area contributed by atoms with Crippen molar-refractivity contribution in [3.8, 4) is 0 Å². The zero-order valence-electron chi connectivity index (χ0n) is 15.9. The number of benzene rings is 1. The van der Waals surface area contributed by atoms with Crippen LogP contribution in [0.4, 0.5) is 10.8 Å². The summed E-state index contributed by atoms with van der Waals surface area (Å²) in [4.78, 5) is 36.7. The summed E-state index contributed by atoms with van der Waals surface area (Å²) in [5, 5.41) is 15.7. The van der Waals surface area contributed by atoms with Crippen molar-refractivity contribution < 1.29 is 19.1 Å². The van der Waals surface area contributed by atoms with Crippen molar-refractivity contribution in [1.29, 1.82) is 0 Å². The molecule has 30 heavy (non-hydrogen) atoms. The first-order chi connectivity index (χ1) is 14.5. The van der Waals surface area contributed by atoms with Crippen molar-refractivity contribution in [2.75, 3.05) is 23.0 Å². The second-order valence-electron chi connectivity index (χ2n) is 5.81. The van der Waals surface area contributed by atoms with Crippen LogP contribution in [-0.4, -0.2) is 40.3 Å². The van der Waals surface area contributed by atoms with Gasteiger partial charge in [0.15, 0.2) is 4.34 Å². The number of hydrogen-bond acceptors (Lipinski definition) is 9. The molecule has 11 heteroatoms. The molecule has 0 saturated carbocycles. The number of nitrogens with one attached hydrogen (secondary N) is 2. The van der Waals surface area contributed by atoms with E-state index >= 15 is 0 Å². The zero-order chi connectivity index (χ0) is 21.3. The normalized spacial score (nSPS) is 10.4. The molecule has 0 bridgehead atoms. The third kappa shape index (κ3) is 6.65. The predicted octanol–water partition coefficient (Wildman–Crippen LogP) is 3.69. The van der Waals surface area contributed by atoms with Crippen LogP contribution >= 0.6 is 34.4 Å². The molecule has 2 amide bonds. The molecular weight excluding hydrogens is 444 g/mol. The SMILES string of the molecule is CCOC(=O)c1ccc(NC(=O)CSc2nnc(NC(=O)Cc3cccs3)s2)cc1. The number of nitrogens with zero attached hydrogens (tertiary/aromatic N) is 2. The van der Waals surface area contributed by atoms with Crippen molar-refractivity contribution in [2.24, 2.45) is 0 Å². The molecule has 0 aliphatic heterocycles. The Kier molecular flexibility index (Phi) is 7.94. The average Bonchev–Trinajstić information content (AvgIpc) is 3.39. The monoisotopic (exact) mass is 462 g/mol. The van der Waals surface area contributed by atoms with Gasteiger partial charge in [-0.25, -0.2) is 4.79 Å². The lowest BCUT2D eigenvalue weighted by Gasteiger charge is -2.06. The van der Waals surface area contributed by atoms with Crippen LogP contribution in [0.25, 0.3) is 0 Å². The highest BCUT2D eigenvalue weighted by atomic mass is 32.2. The van der Waals surface area contributed by atoms with Crippen molar-refractivity contribution in [1.82, 2.24) is 10.2 Å². The fourth-order valence-electron chi connectivity index (χ4n) is 2.28. The molecule has 3 aromatic rings. The van der Waals surface area contributed by atoms with Gasteiger partial charge in [0.1, 0.15) is 0 Å². The Morgan fingerprint density at radius 3 is 2.57 bits per heavy atom. The molecule has 0 spiro atoms. The lowest BCUT2D eigenvalue weighted by atomic mass is 10.2. The lowest BCUT2D eigenvalue weighted by Crippen LogP contribution is -2.14. The van der Waals surface area contributed by atoms with E-state index in [-0.39, 0.29) is 24.0 Å². The second kappa shape index (κ2) is 10.9. The lowest BCUT2D eigenvalue weighted by molar-refractivity contribution is -0.115. The Labute approximate surface area is 185 Å². The summed E-state index contributed by atoms with van der Waals surface area (Å²) in [7, 11) is 0. The van der Waals surface area contributed by atoms with E-state index in [2.05, 4.69) is 20.8 Å². The van der Waals surface area contributed by atoms with Gasteiger partial charge < -0.3 is 15.4 Å². The van der Waals surface area contributed by atoms with Crippen molar-refractivity contribution in [2.45, 2.75) is 17.7 Å². The molecule has 2 N–H and O–H groups in total. The fourth-order valence-corrected chi connectivity index (χ4v) is 4.55. The number of carbonyl (C=O) groups is 3. The van der Waals surface area contributed by atoms with Gasteiger partial charge >= 0.3 is 5.97 Å². The molecule has 3 rings (SSSR count). The van der Waals surface area contributed by atoms with E-state index in [0.717, 1.165) is 4.88 Å². The van der Waals surface area contributed by atoms with E-state index in [1.807, 2.05) is 17.5 Å². The third-order valence-corrected chi connectivity index (χ3v) is 6.42. The Balaban J connectivity index is 1.43. The number of hydrogen-bond donors (Lipinski definition) is 2. The van der Waals surface area contributed by atoms with Crippen molar-refractivity contribution >= 4 is 63.0 Å². The molecule has 0 aliphatic rings. The summed E-state index contributed by atoms with van der Waals surface area (Å²) in [6.07, 6.45) is 0.289. The minimum absolute atomic E-state index is 0.136. The van der Waals surface area contributed by atoms with Crippen LogP contribution in [0.15, 0.2) is 46.1 Å². The molecular formula is C19H18N4O4S3. The summed E-state index contributed by atoms with van der Waals surface area (Å²) in [5.41, 5.74) is 0.999. The number of anilines is 2. The first kappa shape index (κ1) is 21.9. The molecule has 2 aromatic heterocycles. The van der Waals surface area contributed by atoms with Crippen LogP contribution in [0.3, 0.4) is 0 Å². The van der Waals surface area contributed by atoms with Crippen LogP contribution < -0.4 is 10.6 Å². The molecule has 8 nitrogen and oxygen atoms in total. The number of thiophene rings is 1. The molecule has 0 saturated heterocycles. The first-order valence-electron chi connectivity index (χ1n) is 8.89. The zero-order valence-corrected chi connectivity index (χ0v) is 18.4. The summed E-state index contributed by atoms with van der Waals surface area (Å²) in [6, 6.07) is 10.3.